The van der Waals surface area contributed by atoms with Gasteiger partial charge in [0.2, 0.25) is 5.91 Å². The Morgan fingerprint density at radius 2 is 1.50 bits per heavy atom. The van der Waals surface area contributed by atoms with Crippen LogP contribution in [0.25, 0.3) is 0 Å². The number of benzene rings is 3. The van der Waals surface area contributed by atoms with E-state index in [0.29, 0.717) is 24.5 Å². The first-order valence-corrected chi connectivity index (χ1v) is 10.6. The molecule has 1 amide bonds. The maximum Gasteiger partial charge on any atom is 0.340 e. The number of ether oxygens (including phenoxy) is 2. The third-order valence-electron chi connectivity index (χ3n) is 5.57. The molecule has 0 aliphatic carbocycles. The first-order chi connectivity index (χ1) is 15.7. The zero-order chi connectivity index (χ0) is 22.3. The maximum atomic E-state index is 13.5. The second-order valence-electron chi connectivity index (χ2n) is 7.56. The van der Waals surface area contributed by atoms with Crippen LogP contribution in [0, 0.1) is 0 Å². The molecule has 0 atom stereocenters. The van der Waals surface area contributed by atoms with Crippen LogP contribution in [0.1, 0.15) is 27.4 Å². The predicted molar refractivity (Wildman–Crippen MR) is 124 cm³/mol. The van der Waals surface area contributed by atoms with Crippen molar-refractivity contribution < 1.29 is 19.1 Å². The fourth-order valence-electron chi connectivity index (χ4n) is 3.93. The molecule has 4 rings (SSSR count). The smallest absolute Gasteiger partial charge is 0.340 e. The average molecular weight is 431 g/mol. The minimum atomic E-state index is -0.512. The summed E-state index contributed by atoms with van der Waals surface area (Å²) in [7, 11) is 1.34. The molecule has 0 unspecified atom stereocenters. The summed E-state index contributed by atoms with van der Waals surface area (Å²) >= 11 is 0. The minimum absolute atomic E-state index is 0.216. The lowest BCUT2D eigenvalue weighted by Crippen LogP contribution is -2.36. The third-order valence-corrected chi connectivity index (χ3v) is 5.57. The molecule has 3 aromatic carbocycles. The number of amides is 1. The Hall–Kier alpha value is -3.64. The summed E-state index contributed by atoms with van der Waals surface area (Å²) in [6.07, 6.45) is 0. The molecular formula is C26H26N2O4. The molecule has 32 heavy (non-hydrogen) atoms. The lowest BCUT2D eigenvalue weighted by atomic mass is 9.90. The normalized spacial score (nSPS) is 13.6. The molecule has 1 fully saturated rings. The number of carbonyl (C=O) groups is 2. The van der Waals surface area contributed by atoms with Gasteiger partial charge in [-0.25, -0.2) is 4.79 Å². The molecule has 0 radical (unpaired) electrons. The fourth-order valence-corrected chi connectivity index (χ4v) is 3.93. The van der Waals surface area contributed by atoms with Gasteiger partial charge in [-0.1, -0.05) is 60.7 Å². The SMILES string of the molecule is COC(=O)c1cc(N2CCOCC2)ccc1NC(=O)C(c1ccccc1)c1ccccc1. The van der Waals surface area contributed by atoms with Crippen molar-refractivity contribution in [2.45, 2.75) is 5.92 Å². The van der Waals surface area contributed by atoms with Crippen LogP contribution < -0.4 is 10.2 Å². The van der Waals surface area contributed by atoms with E-state index in [0.717, 1.165) is 29.9 Å². The van der Waals surface area contributed by atoms with Gasteiger partial charge in [0, 0.05) is 18.8 Å². The van der Waals surface area contributed by atoms with Crippen molar-refractivity contribution >= 4 is 23.3 Å². The molecule has 1 aliphatic rings. The van der Waals surface area contributed by atoms with E-state index in [1.165, 1.54) is 7.11 Å². The highest BCUT2D eigenvalue weighted by Crippen LogP contribution is 2.29. The fraction of sp³-hybridized carbons (Fsp3) is 0.231. The summed E-state index contributed by atoms with van der Waals surface area (Å²) in [4.78, 5) is 28.2. The number of carbonyl (C=O) groups excluding carboxylic acids is 2. The second-order valence-corrected chi connectivity index (χ2v) is 7.56. The highest BCUT2D eigenvalue weighted by atomic mass is 16.5. The highest BCUT2D eigenvalue weighted by molar-refractivity contribution is 6.04. The molecule has 6 nitrogen and oxygen atoms in total. The van der Waals surface area contributed by atoms with Crippen LogP contribution in [-0.4, -0.2) is 45.3 Å². The van der Waals surface area contributed by atoms with Gasteiger partial charge in [0.05, 0.1) is 37.5 Å². The molecule has 6 heteroatoms. The molecule has 0 spiro atoms. The predicted octanol–water partition coefficient (Wildman–Crippen LogP) is 4.08. The van der Waals surface area contributed by atoms with Gasteiger partial charge < -0.3 is 19.7 Å². The van der Waals surface area contributed by atoms with Crippen molar-refractivity contribution in [3.63, 3.8) is 0 Å². The van der Waals surface area contributed by atoms with Gasteiger partial charge in [-0.2, -0.15) is 0 Å². The van der Waals surface area contributed by atoms with Crippen LogP contribution in [0.4, 0.5) is 11.4 Å². The molecule has 1 saturated heterocycles. The van der Waals surface area contributed by atoms with Crippen LogP contribution >= 0.6 is 0 Å². The molecule has 1 aliphatic heterocycles. The monoisotopic (exact) mass is 430 g/mol. The van der Waals surface area contributed by atoms with Gasteiger partial charge in [-0.05, 0) is 29.3 Å². The number of anilines is 2. The van der Waals surface area contributed by atoms with Crippen molar-refractivity contribution in [2.75, 3.05) is 43.6 Å². The average Bonchev–Trinajstić information content (AvgIpc) is 2.86. The topological polar surface area (TPSA) is 67.9 Å². The van der Waals surface area contributed by atoms with E-state index in [1.54, 1.807) is 12.1 Å². The lowest BCUT2D eigenvalue weighted by Gasteiger charge is -2.29. The molecule has 3 aromatic rings. The molecule has 0 bridgehead atoms. The Balaban J connectivity index is 1.66. The molecule has 1 N–H and O–H groups in total. The van der Waals surface area contributed by atoms with Gasteiger partial charge in [0.25, 0.3) is 0 Å². The van der Waals surface area contributed by atoms with Crippen molar-refractivity contribution in [1.29, 1.82) is 0 Å². The Kier molecular flexibility index (Phi) is 6.82. The van der Waals surface area contributed by atoms with Crippen LogP contribution in [-0.2, 0) is 14.3 Å². The zero-order valence-electron chi connectivity index (χ0n) is 18.0. The van der Waals surface area contributed by atoms with Gasteiger partial charge in [-0.15, -0.1) is 0 Å². The summed E-state index contributed by atoms with van der Waals surface area (Å²) < 4.78 is 10.4. The number of nitrogens with one attached hydrogen (secondary N) is 1. The van der Waals surface area contributed by atoms with Crippen LogP contribution in [0.2, 0.25) is 0 Å². The molecule has 164 valence electrons. The standard InChI is InChI=1S/C26H26N2O4/c1-31-26(30)22-18-21(28-14-16-32-17-15-28)12-13-23(22)27-25(29)24(19-8-4-2-5-9-19)20-10-6-3-7-11-20/h2-13,18,24H,14-17H2,1H3,(H,27,29). The minimum Gasteiger partial charge on any atom is -0.465 e. The first-order valence-electron chi connectivity index (χ1n) is 10.6. The van der Waals surface area contributed by atoms with E-state index in [-0.39, 0.29) is 5.91 Å². The van der Waals surface area contributed by atoms with Crippen molar-refractivity contribution in [3.8, 4) is 0 Å². The van der Waals surface area contributed by atoms with E-state index < -0.39 is 11.9 Å². The van der Waals surface area contributed by atoms with Gasteiger partial charge in [0.15, 0.2) is 0 Å². The molecule has 0 saturated carbocycles. The first kappa shape index (κ1) is 21.6. The number of rotatable bonds is 6. The summed E-state index contributed by atoms with van der Waals surface area (Å²) in [5, 5.41) is 2.97. The molecule has 1 heterocycles. The number of esters is 1. The number of nitrogens with zero attached hydrogens (tertiary/aromatic N) is 1. The summed E-state index contributed by atoms with van der Waals surface area (Å²) in [6.45, 7) is 2.77. The summed E-state index contributed by atoms with van der Waals surface area (Å²) in [6, 6.07) is 24.7. The number of hydrogen-bond donors (Lipinski definition) is 1. The summed E-state index contributed by atoms with van der Waals surface area (Å²) in [5.41, 5.74) is 3.40. The van der Waals surface area contributed by atoms with E-state index in [9.17, 15) is 9.59 Å². The van der Waals surface area contributed by atoms with Gasteiger partial charge in [0.1, 0.15) is 0 Å². The molecule has 0 aromatic heterocycles. The lowest BCUT2D eigenvalue weighted by molar-refractivity contribution is -0.116. The Morgan fingerprint density at radius 1 is 0.906 bits per heavy atom. The van der Waals surface area contributed by atoms with Crippen LogP contribution in [0.3, 0.4) is 0 Å². The zero-order valence-corrected chi connectivity index (χ0v) is 18.0. The maximum absolute atomic E-state index is 13.5. The van der Waals surface area contributed by atoms with E-state index in [2.05, 4.69) is 10.2 Å². The largest absolute Gasteiger partial charge is 0.465 e. The number of morpholine rings is 1. The van der Waals surface area contributed by atoms with Crippen molar-refractivity contribution in [1.82, 2.24) is 0 Å². The highest BCUT2D eigenvalue weighted by Gasteiger charge is 2.25. The van der Waals surface area contributed by atoms with E-state index >= 15 is 0 Å². The second kappa shape index (κ2) is 10.1. The van der Waals surface area contributed by atoms with E-state index in [4.69, 9.17) is 9.47 Å². The van der Waals surface area contributed by atoms with Crippen LogP contribution in [0.15, 0.2) is 78.9 Å². The summed E-state index contributed by atoms with van der Waals surface area (Å²) in [5.74, 6) is -1.22. The van der Waals surface area contributed by atoms with Crippen LogP contribution in [0.5, 0.6) is 0 Å². The molecular weight excluding hydrogens is 404 g/mol. The quantitative estimate of drug-likeness (QED) is 0.597. The van der Waals surface area contributed by atoms with E-state index in [1.807, 2.05) is 66.7 Å². The third kappa shape index (κ3) is 4.81. The van der Waals surface area contributed by atoms with Gasteiger partial charge in [-0.3, -0.25) is 4.79 Å². The number of hydrogen-bond acceptors (Lipinski definition) is 5. The Labute approximate surface area is 187 Å². The Bertz CT molecular complexity index is 1020. The van der Waals surface area contributed by atoms with Gasteiger partial charge >= 0.3 is 5.97 Å². The van der Waals surface area contributed by atoms with Crippen molar-refractivity contribution in [2.24, 2.45) is 0 Å². The Morgan fingerprint density at radius 3 is 2.06 bits per heavy atom. The van der Waals surface area contributed by atoms with Crippen molar-refractivity contribution in [3.05, 3.63) is 95.6 Å². The number of methoxy groups -OCH3 is 1.